The zero-order valence-electron chi connectivity index (χ0n) is 16.8. The van der Waals surface area contributed by atoms with Gasteiger partial charge in [0.25, 0.3) is 5.91 Å². The normalized spacial score (nSPS) is 12.2. The molecule has 1 unspecified atom stereocenters. The zero-order valence-corrected chi connectivity index (χ0v) is 16.8. The van der Waals surface area contributed by atoms with E-state index >= 15 is 0 Å². The summed E-state index contributed by atoms with van der Waals surface area (Å²) < 4.78 is 13.9. The Kier molecular flexibility index (Phi) is 7.07. The van der Waals surface area contributed by atoms with E-state index in [2.05, 4.69) is 25.9 Å². The largest absolute Gasteiger partial charge is 0.387 e. The second-order valence-corrected chi connectivity index (χ2v) is 7.41. The molecular formula is C20H25FN6O2. The molecule has 0 aliphatic rings. The van der Waals surface area contributed by atoms with Crippen LogP contribution in [0.3, 0.4) is 0 Å². The first kappa shape index (κ1) is 22.0. The van der Waals surface area contributed by atoms with Crippen LogP contribution >= 0.6 is 0 Å². The summed E-state index contributed by atoms with van der Waals surface area (Å²) in [6.45, 7) is 6.20. The van der Waals surface area contributed by atoms with Gasteiger partial charge < -0.3 is 21.1 Å². The Balaban J connectivity index is 2.19. The minimum Gasteiger partial charge on any atom is -0.387 e. The van der Waals surface area contributed by atoms with Crippen molar-refractivity contribution in [3.05, 3.63) is 41.7 Å². The van der Waals surface area contributed by atoms with Crippen molar-refractivity contribution in [2.75, 3.05) is 17.2 Å². The van der Waals surface area contributed by atoms with Crippen LogP contribution in [-0.4, -0.2) is 45.3 Å². The molecule has 0 radical (unpaired) electrons. The summed E-state index contributed by atoms with van der Waals surface area (Å²) in [6, 6.07) is 6.96. The maximum absolute atomic E-state index is 13.9. The summed E-state index contributed by atoms with van der Waals surface area (Å²) in [7, 11) is 0. The molecule has 2 heterocycles. The molecule has 1 atom stereocenters. The number of halogens is 1. The number of nitrogens with one attached hydrogen (secondary N) is 3. The van der Waals surface area contributed by atoms with Crippen molar-refractivity contribution in [2.24, 2.45) is 0 Å². The van der Waals surface area contributed by atoms with Crippen LogP contribution in [-0.2, 0) is 0 Å². The number of nitrogens with zero attached hydrogens (tertiary/aromatic N) is 3. The van der Waals surface area contributed by atoms with E-state index in [9.17, 15) is 14.3 Å². The van der Waals surface area contributed by atoms with Crippen LogP contribution in [0, 0.1) is 11.3 Å². The van der Waals surface area contributed by atoms with E-state index in [1.165, 1.54) is 26.2 Å². The second-order valence-electron chi connectivity index (χ2n) is 7.41. The van der Waals surface area contributed by atoms with Crippen molar-refractivity contribution < 1.29 is 14.3 Å². The maximum Gasteiger partial charge on any atom is 0.255 e. The third-order valence-corrected chi connectivity index (χ3v) is 3.95. The number of aliphatic hydroxyl groups is 1. The number of nitriles is 1. The standard InChI is InChI=1S/C20H25FN6O2/c1-12(2)26-15-7-18(27-17-6-5-13(8-22)9-23-17)24-10-14(15)19(28)25-11-16(21)20(3,4)29/h5-7,9-10,12,16,29H,11H2,1-4H3,(H,25,28)(H2,23,24,26,27). The number of carbonyl (C=O) groups excluding carboxylic acids is 1. The molecule has 29 heavy (non-hydrogen) atoms. The predicted octanol–water partition coefficient (Wildman–Crippen LogP) is 2.75. The van der Waals surface area contributed by atoms with Crippen LogP contribution in [0.2, 0.25) is 0 Å². The molecule has 2 aromatic heterocycles. The van der Waals surface area contributed by atoms with E-state index in [0.29, 0.717) is 22.9 Å². The number of hydrogen-bond donors (Lipinski definition) is 4. The molecule has 4 N–H and O–H groups in total. The summed E-state index contributed by atoms with van der Waals surface area (Å²) >= 11 is 0. The van der Waals surface area contributed by atoms with Gasteiger partial charge in [-0.2, -0.15) is 5.26 Å². The van der Waals surface area contributed by atoms with Crippen molar-refractivity contribution in [1.29, 1.82) is 5.26 Å². The first-order valence-electron chi connectivity index (χ1n) is 9.14. The Bertz CT molecular complexity index is 887. The van der Waals surface area contributed by atoms with Crippen molar-refractivity contribution in [3.63, 3.8) is 0 Å². The molecule has 0 saturated carbocycles. The van der Waals surface area contributed by atoms with Crippen molar-refractivity contribution >= 4 is 23.2 Å². The molecule has 154 valence electrons. The number of hydrogen-bond acceptors (Lipinski definition) is 7. The number of rotatable bonds is 8. The molecule has 0 aromatic carbocycles. The molecule has 9 heteroatoms. The fourth-order valence-electron chi connectivity index (χ4n) is 2.33. The fourth-order valence-corrected chi connectivity index (χ4v) is 2.33. The minimum absolute atomic E-state index is 0.0372. The van der Waals surface area contributed by atoms with Gasteiger partial charge in [-0.15, -0.1) is 0 Å². The first-order valence-corrected chi connectivity index (χ1v) is 9.14. The van der Waals surface area contributed by atoms with Crippen molar-refractivity contribution in [1.82, 2.24) is 15.3 Å². The molecule has 2 rings (SSSR count). The summed E-state index contributed by atoms with van der Waals surface area (Å²) in [6.07, 6.45) is 1.21. The van der Waals surface area contributed by atoms with Crippen LogP contribution in [0.4, 0.5) is 21.7 Å². The molecule has 0 aliphatic heterocycles. The van der Waals surface area contributed by atoms with E-state index in [4.69, 9.17) is 5.26 Å². The van der Waals surface area contributed by atoms with Crippen LogP contribution in [0.5, 0.6) is 0 Å². The molecule has 0 saturated heterocycles. The van der Waals surface area contributed by atoms with Gasteiger partial charge in [-0.3, -0.25) is 4.79 Å². The quantitative estimate of drug-likeness (QED) is 0.537. The average molecular weight is 400 g/mol. The van der Waals surface area contributed by atoms with Crippen LogP contribution in [0.15, 0.2) is 30.6 Å². The van der Waals surface area contributed by atoms with Gasteiger partial charge in [0, 0.05) is 24.5 Å². The first-order chi connectivity index (χ1) is 13.6. The monoisotopic (exact) mass is 400 g/mol. The predicted molar refractivity (Wildman–Crippen MR) is 109 cm³/mol. The number of pyridine rings is 2. The summed E-state index contributed by atoms with van der Waals surface area (Å²) in [4.78, 5) is 20.9. The lowest BCUT2D eigenvalue weighted by molar-refractivity contribution is -0.00177. The van der Waals surface area contributed by atoms with Gasteiger partial charge in [0.15, 0.2) is 0 Å². The highest BCUT2D eigenvalue weighted by molar-refractivity contribution is 5.99. The number of alkyl halides is 1. The maximum atomic E-state index is 13.9. The Morgan fingerprint density at radius 2 is 1.97 bits per heavy atom. The Labute approximate surface area is 169 Å². The lowest BCUT2D eigenvalue weighted by Crippen LogP contribution is -2.42. The van der Waals surface area contributed by atoms with Gasteiger partial charge in [-0.05, 0) is 39.8 Å². The molecule has 8 nitrogen and oxygen atoms in total. The zero-order chi connectivity index (χ0) is 21.6. The van der Waals surface area contributed by atoms with Gasteiger partial charge in [0.05, 0.1) is 29.0 Å². The number of anilines is 3. The molecule has 0 spiro atoms. The highest BCUT2D eigenvalue weighted by Gasteiger charge is 2.27. The lowest BCUT2D eigenvalue weighted by atomic mass is 10.0. The molecule has 0 aliphatic carbocycles. The van der Waals surface area contributed by atoms with Crippen molar-refractivity contribution in [3.8, 4) is 6.07 Å². The summed E-state index contributed by atoms with van der Waals surface area (Å²) in [5.74, 6) is 0.437. The Morgan fingerprint density at radius 1 is 1.28 bits per heavy atom. The van der Waals surface area contributed by atoms with E-state index in [0.717, 1.165) is 0 Å². The third kappa shape index (κ3) is 6.40. The van der Waals surface area contributed by atoms with Gasteiger partial charge >= 0.3 is 0 Å². The topological polar surface area (TPSA) is 123 Å². The van der Waals surface area contributed by atoms with Crippen molar-refractivity contribution in [2.45, 2.75) is 45.5 Å². The summed E-state index contributed by atoms with van der Waals surface area (Å²) in [5, 5.41) is 27.2. The molecule has 1 amide bonds. The third-order valence-electron chi connectivity index (χ3n) is 3.95. The minimum atomic E-state index is -1.61. The smallest absolute Gasteiger partial charge is 0.255 e. The van der Waals surface area contributed by atoms with Gasteiger partial charge in [0.1, 0.15) is 23.9 Å². The van der Waals surface area contributed by atoms with Gasteiger partial charge in [0.2, 0.25) is 0 Å². The fraction of sp³-hybridized carbons (Fsp3) is 0.400. The summed E-state index contributed by atoms with van der Waals surface area (Å²) in [5.41, 5.74) is -0.343. The molecule has 0 bridgehead atoms. The molecule has 2 aromatic rings. The lowest BCUT2D eigenvalue weighted by Gasteiger charge is -2.23. The SMILES string of the molecule is CC(C)Nc1cc(Nc2ccc(C#N)cn2)ncc1C(=O)NCC(F)C(C)(C)O. The van der Waals surface area contributed by atoms with Gasteiger partial charge in [-0.25, -0.2) is 14.4 Å². The average Bonchev–Trinajstić information content (AvgIpc) is 2.65. The van der Waals surface area contributed by atoms with Crippen LogP contribution in [0.25, 0.3) is 0 Å². The Hall–Kier alpha value is -3.25. The molecular weight excluding hydrogens is 375 g/mol. The highest BCUT2D eigenvalue weighted by atomic mass is 19.1. The van der Waals surface area contributed by atoms with Crippen LogP contribution in [0.1, 0.15) is 43.6 Å². The van der Waals surface area contributed by atoms with E-state index in [1.807, 2.05) is 19.9 Å². The van der Waals surface area contributed by atoms with E-state index in [-0.39, 0.29) is 18.2 Å². The highest BCUT2D eigenvalue weighted by Crippen LogP contribution is 2.22. The second kappa shape index (κ2) is 9.30. The van der Waals surface area contributed by atoms with E-state index < -0.39 is 17.7 Å². The van der Waals surface area contributed by atoms with E-state index in [1.54, 1.807) is 18.2 Å². The van der Waals surface area contributed by atoms with Gasteiger partial charge in [-0.1, -0.05) is 0 Å². The number of aromatic nitrogens is 2. The number of carbonyl (C=O) groups is 1. The van der Waals surface area contributed by atoms with Crippen LogP contribution < -0.4 is 16.0 Å². The molecule has 0 fully saturated rings. The Morgan fingerprint density at radius 3 is 2.52 bits per heavy atom. The number of amides is 1.